The summed E-state index contributed by atoms with van der Waals surface area (Å²) in [7, 11) is 1.52. The molecule has 0 saturated heterocycles. The number of nitrogens with one attached hydrogen (secondary N) is 1. The number of carbonyl (C=O) groups excluding carboxylic acids is 1. The van der Waals surface area contributed by atoms with E-state index in [4.69, 9.17) is 22.1 Å². The molecule has 0 aromatic heterocycles. The minimum atomic E-state index is -0.221. The Bertz CT molecular complexity index is 386. The molecule has 0 aliphatic heterocycles. The fourth-order valence-electron chi connectivity index (χ4n) is 1.11. The van der Waals surface area contributed by atoms with Crippen LogP contribution in [0.25, 0.3) is 0 Å². The summed E-state index contributed by atoms with van der Waals surface area (Å²) in [5.74, 6) is 0.188. The van der Waals surface area contributed by atoms with Gasteiger partial charge < -0.3 is 15.8 Å². The van der Waals surface area contributed by atoms with Crippen molar-refractivity contribution in [2.24, 2.45) is 11.7 Å². The van der Waals surface area contributed by atoms with Gasteiger partial charge in [0.25, 0.3) is 0 Å². The van der Waals surface area contributed by atoms with Crippen molar-refractivity contribution in [3.8, 4) is 5.75 Å². The zero-order valence-electron chi connectivity index (χ0n) is 9.70. The van der Waals surface area contributed by atoms with Crippen LogP contribution in [0.5, 0.6) is 5.75 Å². The van der Waals surface area contributed by atoms with Crippen LogP contribution in [0.1, 0.15) is 6.92 Å². The molecule has 1 unspecified atom stereocenters. The molecule has 96 valence electrons. The number of benzene rings is 1. The van der Waals surface area contributed by atoms with Crippen LogP contribution in [0.15, 0.2) is 18.2 Å². The number of anilines is 1. The van der Waals surface area contributed by atoms with Crippen molar-refractivity contribution in [1.82, 2.24) is 0 Å². The van der Waals surface area contributed by atoms with Crippen LogP contribution in [0.4, 0.5) is 5.69 Å². The van der Waals surface area contributed by atoms with E-state index >= 15 is 0 Å². The lowest BCUT2D eigenvalue weighted by Gasteiger charge is -2.11. The number of halogens is 2. The highest BCUT2D eigenvalue weighted by atomic mass is 35.5. The molecular weight excluding hydrogens is 263 g/mol. The molecule has 0 saturated carbocycles. The van der Waals surface area contributed by atoms with Crippen LogP contribution in [0.2, 0.25) is 5.02 Å². The first-order valence-corrected chi connectivity index (χ1v) is 5.30. The molecule has 0 fully saturated rings. The maximum atomic E-state index is 11.6. The Morgan fingerprint density at radius 1 is 1.59 bits per heavy atom. The van der Waals surface area contributed by atoms with Crippen LogP contribution >= 0.6 is 24.0 Å². The number of ether oxygens (including phenoxy) is 1. The second kappa shape index (κ2) is 7.37. The Morgan fingerprint density at radius 2 is 2.24 bits per heavy atom. The SMILES string of the molecule is COc1cc(NC(=O)C(C)CN)ccc1Cl.Cl. The molecule has 4 nitrogen and oxygen atoms in total. The maximum absolute atomic E-state index is 11.6. The summed E-state index contributed by atoms with van der Waals surface area (Å²) in [6.45, 7) is 2.08. The minimum absolute atomic E-state index is 0. The summed E-state index contributed by atoms with van der Waals surface area (Å²) in [5.41, 5.74) is 6.05. The number of carbonyl (C=O) groups is 1. The summed E-state index contributed by atoms with van der Waals surface area (Å²) in [5, 5.41) is 3.24. The van der Waals surface area contributed by atoms with Crippen LogP contribution in [-0.2, 0) is 4.79 Å². The van der Waals surface area contributed by atoms with Gasteiger partial charge in [0.15, 0.2) is 0 Å². The van der Waals surface area contributed by atoms with E-state index in [1.165, 1.54) is 7.11 Å². The van der Waals surface area contributed by atoms with Gasteiger partial charge in [-0.25, -0.2) is 0 Å². The van der Waals surface area contributed by atoms with E-state index in [0.717, 1.165) is 0 Å². The first-order chi connectivity index (χ1) is 7.58. The van der Waals surface area contributed by atoms with Gasteiger partial charge in [-0.05, 0) is 12.1 Å². The molecule has 3 N–H and O–H groups in total. The molecule has 0 radical (unpaired) electrons. The smallest absolute Gasteiger partial charge is 0.228 e. The van der Waals surface area contributed by atoms with Crippen LogP contribution in [0.3, 0.4) is 0 Å². The van der Waals surface area contributed by atoms with Crippen molar-refractivity contribution in [3.63, 3.8) is 0 Å². The molecule has 1 rings (SSSR count). The van der Waals surface area contributed by atoms with Crippen molar-refractivity contribution in [1.29, 1.82) is 0 Å². The van der Waals surface area contributed by atoms with Gasteiger partial charge in [0.1, 0.15) is 5.75 Å². The maximum Gasteiger partial charge on any atom is 0.228 e. The molecule has 1 amide bonds. The molecule has 1 aromatic carbocycles. The first kappa shape index (κ1) is 16.0. The van der Waals surface area contributed by atoms with Gasteiger partial charge in [-0.3, -0.25) is 4.79 Å². The van der Waals surface area contributed by atoms with E-state index in [0.29, 0.717) is 23.0 Å². The Labute approximate surface area is 112 Å². The Hall–Kier alpha value is -0.970. The lowest BCUT2D eigenvalue weighted by atomic mass is 10.1. The third-order valence-corrected chi connectivity index (χ3v) is 2.53. The second-order valence-corrected chi connectivity index (χ2v) is 3.88. The highest BCUT2D eigenvalue weighted by Crippen LogP contribution is 2.27. The average Bonchev–Trinajstić information content (AvgIpc) is 2.30. The van der Waals surface area contributed by atoms with Crippen molar-refractivity contribution in [2.75, 3.05) is 19.0 Å². The van der Waals surface area contributed by atoms with Gasteiger partial charge in [-0.2, -0.15) is 0 Å². The van der Waals surface area contributed by atoms with E-state index in [-0.39, 0.29) is 24.2 Å². The van der Waals surface area contributed by atoms with Crippen molar-refractivity contribution in [3.05, 3.63) is 23.2 Å². The predicted molar refractivity (Wildman–Crippen MR) is 72.1 cm³/mol. The molecular formula is C11H16Cl2N2O2. The number of amides is 1. The molecule has 0 aliphatic rings. The third-order valence-electron chi connectivity index (χ3n) is 2.22. The highest BCUT2D eigenvalue weighted by molar-refractivity contribution is 6.32. The lowest BCUT2D eigenvalue weighted by molar-refractivity contribution is -0.119. The molecule has 1 atom stereocenters. The van der Waals surface area contributed by atoms with Crippen LogP contribution in [-0.4, -0.2) is 19.6 Å². The number of hydrogen-bond donors (Lipinski definition) is 2. The van der Waals surface area contributed by atoms with Gasteiger partial charge >= 0.3 is 0 Å². The van der Waals surface area contributed by atoms with Crippen molar-refractivity contribution < 1.29 is 9.53 Å². The van der Waals surface area contributed by atoms with Crippen molar-refractivity contribution in [2.45, 2.75) is 6.92 Å². The average molecular weight is 279 g/mol. The predicted octanol–water partition coefficient (Wildman–Crippen LogP) is 2.30. The lowest BCUT2D eigenvalue weighted by Crippen LogP contribution is -2.26. The number of nitrogens with two attached hydrogens (primary N) is 1. The molecule has 0 heterocycles. The molecule has 6 heteroatoms. The number of rotatable bonds is 4. The largest absolute Gasteiger partial charge is 0.495 e. The van der Waals surface area contributed by atoms with E-state index in [9.17, 15) is 4.79 Å². The summed E-state index contributed by atoms with van der Waals surface area (Å²) >= 11 is 5.87. The Balaban J connectivity index is 0.00000256. The van der Waals surface area contributed by atoms with E-state index in [1.807, 2.05) is 0 Å². The molecule has 17 heavy (non-hydrogen) atoms. The fraction of sp³-hybridized carbons (Fsp3) is 0.364. The van der Waals surface area contributed by atoms with Crippen LogP contribution < -0.4 is 15.8 Å². The van der Waals surface area contributed by atoms with Crippen molar-refractivity contribution >= 4 is 35.6 Å². The van der Waals surface area contributed by atoms with Gasteiger partial charge in [0.2, 0.25) is 5.91 Å². The summed E-state index contributed by atoms with van der Waals surface area (Å²) < 4.78 is 5.05. The topological polar surface area (TPSA) is 64.3 Å². The highest BCUT2D eigenvalue weighted by Gasteiger charge is 2.11. The van der Waals surface area contributed by atoms with Gasteiger partial charge in [-0.15, -0.1) is 12.4 Å². The first-order valence-electron chi connectivity index (χ1n) is 4.93. The van der Waals surface area contributed by atoms with Crippen LogP contribution in [0, 0.1) is 5.92 Å². The monoisotopic (exact) mass is 278 g/mol. The summed E-state index contributed by atoms with van der Waals surface area (Å²) in [6.07, 6.45) is 0. The normalized spacial score (nSPS) is 11.3. The Kier molecular flexibility index (Phi) is 6.95. The Morgan fingerprint density at radius 3 is 2.76 bits per heavy atom. The molecule has 1 aromatic rings. The number of methoxy groups -OCH3 is 1. The van der Waals surface area contributed by atoms with Gasteiger partial charge in [0, 0.05) is 24.2 Å². The zero-order chi connectivity index (χ0) is 12.1. The zero-order valence-corrected chi connectivity index (χ0v) is 11.3. The molecule has 0 aliphatic carbocycles. The van der Waals surface area contributed by atoms with Gasteiger partial charge in [-0.1, -0.05) is 18.5 Å². The standard InChI is InChI=1S/C11H15ClN2O2.ClH/c1-7(6-13)11(15)14-8-3-4-9(12)10(5-8)16-2;/h3-5,7H,6,13H2,1-2H3,(H,14,15);1H. The molecule has 0 bridgehead atoms. The fourth-order valence-corrected chi connectivity index (χ4v) is 1.30. The third kappa shape index (κ3) is 4.42. The van der Waals surface area contributed by atoms with E-state index in [2.05, 4.69) is 5.32 Å². The second-order valence-electron chi connectivity index (χ2n) is 3.48. The number of hydrogen-bond acceptors (Lipinski definition) is 3. The van der Waals surface area contributed by atoms with E-state index in [1.54, 1.807) is 25.1 Å². The minimum Gasteiger partial charge on any atom is -0.495 e. The van der Waals surface area contributed by atoms with Gasteiger partial charge in [0.05, 0.1) is 12.1 Å². The summed E-state index contributed by atoms with van der Waals surface area (Å²) in [6, 6.07) is 5.05. The summed E-state index contributed by atoms with van der Waals surface area (Å²) in [4.78, 5) is 11.6. The van der Waals surface area contributed by atoms with E-state index < -0.39 is 0 Å². The quantitative estimate of drug-likeness (QED) is 0.888. The molecule has 0 spiro atoms.